The van der Waals surface area contributed by atoms with Crippen molar-refractivity contribution >= 4 is 0 Å². The first-order chi connectivity index (χ1) is 9.67. The van der Waals surface area contributed by atoms with Gasteiger partial charge in [-0.2, -0.15) is 5.26 Å². The molecule has 0 heterocycles. The van der Waals surface area contributed by atoms with E-state index in [0.717, 1.165) is 25.0 Å². The highest BCUT2D eigenvalue weighted by Crippen LogP contribution is 2.31. The molecule has 3 atom stereocenters. The fourth-order valence-corrected chi connectivity index (χ4v) is 3.24. The van der Waals surface area contributed by atoms with E-state index in [1.165, 1.54) is 12.0 Å². The summed E-state index contributed by atoms with van der Waals surface area (Å²) in [4.78, 5) is 2.38. The molecule has 0 amide bonds. The maximum absolute atomic E-state index is 9.24. The average molecular weight is 272 g/mol. The molecule has 1 aromatic carbocycles. The Morgan fingerprint density at radius 1 is 1.40 bits per heavy atom. The van der Waals surface area contributed by atoms with Crippen molar-refractivity contribution in [3.63, 3.8) is 0 Å². The molecule has 3 heteroatoms. The predicted octanol–water partition coefficient (Wildman–Crippen LogP) is 3.25. The van der Waals surface area contributed by atoms with E-state index in [-0.39, 0.29) is 5.92 Å². The molecule has 0 spiro atoms. The van der Waals surface area contributed by atoms with Gasteiger partial charge in [-0.05, 0) is 44.9 Å². The smallest absolute Gasteiger partial charge is 0.122 e. The van der Waals surface area contributed by atoms with Crippen LogP contribution in [0.3, 0.4) is 0 Å². The number of benzene rings is 1. The first-order valence-electron chi connectivity index (χ1n) is 7.40. The number of ether oxygens (including phenoxy) is 1. The van der Waals surface area contributed by atoms with Crippen LogP contribution < -0.4 is 4.74 Å². The fraction of sp³-hybridized carbons (Fsp3) is 0.588. The van der Waals surface area contributed by atoms with Gasteiger partial charge >= 0.3 is 0 Å². The van der Waals surface area contributed by atoms with Crippen LogP contribution in [-0.2, 0) is 6.42 Å². The lowest BCUT2D eigenvalue weighted by Crippen LogP contribution is -2.41. The van der Waals surface area contributed by atoms with Gasteiger partial charge in [0, 0.05) is 12.1 Å². The monoisotopic (exact) mass is 272 g/mol. The van der Waals surface area contributed by atoms with E-state index in [9.17, 15) is 5.26 Å². The van der Waals surface area contributed by atoms with Crippen LogP contribution in [0, 0.1) is 17.2 Å². The van der Waals surface area contributed by atoms with Crippen LogP contribution in [0.1, 0.15) is 31.7 Å². The summed E-state index contributed by atoms with van der Waals surface area (Å²) in [6.07, 6.45) is 4.32. The molecular formula is C17H24N2O. The van der Waals surface area contributed by atoms with Gasteiger partial charge in [0.2, 0.25) is 0 Å². The second-order valence-corrected chi connectivity index (χ2v) is 5.76. The molecule has 3 unspecified atom stereocenters. The molecule has 0 saturated heterocycles. The van der Waals surface area contributed by atoms with Gasteiger partial charge < -0.3 is 4.74 Å². The molecular weight excluding hydrogens is 248 g/mol. The van der Waals surface area contributed by atoms with Gasteiger partial charge in [0.25, 0.3) is 0 Å². The molecule has 0 aliphatic heterocycles. The molecule has 1 saturated carbocycles. The van der Waals surface area contributed by atoms with Crippen molar-refractivity contribution < 1.29 is 4.74 Å². The summed E-state index contributed by atoms with van der Waals surface area (Å²) in [5, 5.41) is 9.24. The van der Waals surface area contributed by atoms with E-state index < -0.39 is 0 Å². The summed E-state index contributed by atoms with van der Waals surface area (Å²) in [7, 11) is 3.87. The second kappa shape index (κ2) is 6.76. The van der Waals surface area contributed by atoms with Gasteiger partial charge in [-0.15, -0.1) is 0 Å². The average Bonchev–Trinajstić information content (AvgIpc) is 2.95. The number of para-hydroxylation sites is 1. The van der Waals surface area contributed by atoms with E-state index >= 15 is 0 Å². The van der Waals surface area contributed by atoms with Gasteiger partial charge in [-0.25, -0.2) is 0 Å². The number of rotatable bonds is 5. The largest absolute Gasteiger partial charge is 0.496 e. The van der Waals surface area contributed by atoms with E-state index in [1.807, 2.05) is 12.1 Å². The van der Waals surface area contributed by atoms with Crippen molar-refractivity contribution in [2.75, 3.05) is 14.2 Å². The Labute approximate surface area is 122 Å². The Morgan fingerprint density at radius 2 is 2.15 bits per heavy atom. The minimum absolute atomic E-state index is 0.195. The molecule has 108 valence electrons. The quantitative estimate of drug-likeness (QED) is 0.825. The SMILES string of the molecule is COc1ccccc1CC(C)N(C)C1CCCC1C#N. The Kier molecular flexibility index (Phi) is 5.03. The van der Waals surface area contributed by atoms with Crippen molar-refractivity contribution in [2.45, 2.75) is 44.7 Å². The zero-order valence-corrected chi connectivity index (χ0v) is 12.7. The Hall–Kier alpha value is -1.53. The molecule has 0 N–H and O–H groups in total. The molecule has 1 fully saturated rings. The lowest BCUT2D eigenvalue weighted by atomic mass is 9.99. The van der Waals surface area contributed by atoms with Crippen LogP contribution in [0.5, 0.6) is 5.75 Å². The van der Waals surface area contributed by atoms with Crippen LogP contribution >= 0.6 is 0 Å². The molecule has 0 aromatic heterocycles. The Morgan fingerprint density at radius 3 is 2.85 bits per heavy atom. The van der Waals surface area contributed by atoms with Gasteiger partial charge in [-0.1, -0.05) is 24.6 Å². The van der Waals surface area contributed by atoms with E-state index in [0.29, 0.717) is 12.1 Å². The highest BCUT2D eigenvalue weighted by molar-refractivity contribution is 5.33. The molecule has 1 aliphatic rings. The third kappa shape index (κ3) is 3.13. The normalized spacial score (nSPS) is 23.6. The first-order valence-corrected chi connectivity index (χ1v) is 7.40. The Balaban J connectivity index is 2.04. The molecule has 1 aromatic rings. The number of likely N-dealkylation sites (N-methyl/N-ethyl adjacent to an activating group) is 1. The first kappa shape index (κ1) is 14.9. The minimum Gasteiger partial charge on any atom is -0.496 e. The molecule has 2 rings (SSSR count). The lowest BCUT2D eigenvalue weighted by Gasteiger charge is -2.32. The zero-order valence-electron chi connectivity index (χ0n) is 12.7. The highest BCUT2D eigenvalue weighted by Gasteiger charge is 2.32. The summed E-state index contributed by atoms with van der Waals surface area (Å²) in [5.41, 5.74) is 1.24. The summed E-state index contributed by atoms with van der Waals surface area (Å²) >= 11 is 0. The molecule has 3 nitrogen and oxygen atoms in total. The molecule has 0 radical (unpaired) electrons. The van der Waals surface area contributed by atoms with Crippen LogP contribution in [-0.4, -0.2) is 31.1 Å². The van der Waals surface area contributed by atoms with Crippen LogP contribution in [0.4, 0.5) is 0 Å². The zero-order chi connectivity index (χ0) is 14.5. The van der Waals surface area contributed by atoms with Gasteiger partial charge in [0.15, 0.2) is 0 Å². The molecule has 20 heavy (non-hydrogen) atoms. The minimum atomic E-state index is 0.195. The highest BCUT2D eigenvalue weighted by atomic mass is 16.5. The number of nitrogens with zero attached hydrogens (tertiary/aromatic N) is 2. The van der Waals surface area contributed by atoms with Crippen molar-refractivity contribution in [1.29, 1.82) is 5.26 Å². The van der Waals surface area contributed by atoms with Gasteiger partial charge in [-0.3, -0.25) is 4.90 Å². The maximum Gasteiger partial charge on any atom is 0.122 e. The number of hydrogen-bond donors (Lipinski definition) is 0. The predicted molar refractivity (Wildman–Crippen MR) is 80.7 cm³/mol. The fourth-order valence-electron chi connectivity index (χ4n) is 3.24. The summed E-state index contributed by atoms with van der Waals surface area (Å²) in [5.74, 6) is 1.15. The molecule has 0 bridgehead atoms. The Bertz CT molecular complexity index is 480. The maximum atomic E-state index is 9.24. The van der Waals surface area contributed by atoms with E-state index in [2.05, 4.69) is 37.1 Å². The van der Waals surface area contributed by atoms with E-state index in [4.69, 9.17) is 4.74 Å². The van der Waals surface area contributed by atoms with Crippen LogP contribution in [0.25, 0.3) is 0 Å². The van der Waals surface area contributed by atoms with Crippen molar-refractivity contribution in [2.24, 2.45) is 5.92 Å². The van der Waals surface area contributed by atoms with Crippen molar-refractivity contribution in [3.8, 4) is 11.8 Å². The second-order valence-electron chi connectivity index (χ2n) is 5.76. The van der Waals surface area contributed by atoms with E-state index in [1.54, 1.807) is 7.11 Å². The summed E-state index contributed by atoms with van der Waals surface area (Å²) in [6.45, 7) is 2.24. The third-order valence-electron chi connectivity index (χ3n) is 4.57. The lowest BCUT2D eigenvalue weighted by molar-refractivity contribution is 0.165. The summed E-state index contributed by atoms with van der Waals surface area (Å²) in [6, 6.07) is 11.5. The van der Waals surface area contributed by atoms with Crippen molar-refractivity contribution in [1.82, 2.24) is 4.90 Å². The third-order valence-corrected chi connectivity index (χ3v) is 4.57. The number of methoxy groups -OCH3 is 1. The number of hydrogen-bond acceptors (Lipinski definition) is 3. The number of nitriles is 1. The van der Waals surface area contributed by atoms with Gasteiger partial charge in [0.05, 0.1) is 19.1 Å². The molecule has 1 aliphatic carbocycles. The van der Waals surface area contributed by atoms with Gasteiger partial charge in [0.1, 0.15) is 5.75 Å². The van der Waals surface area contributed by atoms with Crippen LogP contribution in [0.15, 0.2) is 24.3 Å². The van der Waals surface area contributed by atoms with Crippen molar-refractivity contribution in [3.05, 3.63) is 29.8 Å². The van der Waals surface area contributed by atoms with Crippen LogP contribution in [0.2, 0.25) is 0 Å². The standard InChI is InChI=1S/C17H24N2O/c1-13(11-14-7-4-5-10-17(14)20-3)19(2)16-9-6-8-15(16)12-18/h4-5,7,10,13,15-16H,6,8-9,11H2,1-3H3. The topological polar surface area (TPSA) is 36.3 Å². The summed E-state index contributed by atoms with van der Waals surface area (Å²) < 4.78 is 5.42.